The highest BCUT2D eigenvalue weighted by atomic mass is 16.5. The minimum atomic E-state index is -0.0442. The number of nitrogens with one attached hydrogen (secondary N) is 2. The molecule has 2 aromatic carbocycles. The first-order valence-electron chi connectivity index (χ1n) is 11.5. The number of amides is 1. The van der Waals surface area contributed by atoms with Crippen LogP contribution in [0.2, 0.25) is 0 Å². The van der Waals surface area contributed by atoms with Crippen molar-refractivity contribution < 1.29 is 9.53 Å². The number of benzene rings is 2. The SMILES string of the molecule is COc1ccc(Nc2ccnc(N3CCCC(C(=O)NCCCc4ccccc4)C3)n2)cc1. The normalized spacial score (nSPS) is 15.7. The summed E-state index contributed by atoms with van der Waals surface area (Å²) in [4.78, 5) is 24.0. The molecule has 1 fully saturated rings. The smallest absolute Gasteiger partial charge is 0.227 e. The Morgan fingerprint density at radius 1 is 1.12 bits per heavy atom. The Morgan fingerprint density at radius 2 is 1.94 bits per heavy atom. The Labute approximate surface area is 195 Å². The molecule has 1 aliphatic heterocycles. The molecule has 7 nitrogen and oxygen atoms in total. The minimum absolute atomic E-state index is 0.0442. The zero-order valence-corrected chi connectivity index (χ0v) is 19.0. The van der Waals surface area contributed by atoms with Crippen LogP contribution in [0.25, 0.3) is 0 Å². The Kier molecular flexibility index (Phi) is 7.74. The Balaban J connectivity index is 1.29. The van der Waals surface area contributed by atoms with Gasteiger partial charge in [-0.05, 0) is 61.6 Å². The maximum Gasteiger partial charge on any atom is 0.227 e. The molecule has 172 valence electrons. The van der Waals surface area contributed by atoms with E-state index in [0.717, 1.165) is 49.5 Å². The van der Waals surface area contributed by atoms with E-state index < -0.39 is 0 Å². The number of nitrogens with zero attached hydrogens (tertiary/aromatic N) is 3. The lowest BCUT2D eigenvalue weighted by molar-refractivity contribution is -0.125. The molecule has 2 N–H and O–H groups in total. The zero-order chi connectivity index (χ0) is 22.9. The van der Waals surface area contributed by atoms with E-state index in [9.17, 15) is 4.79 Å². The van der Waals surface area contributed by atoms with E-state index >= 15 is 0 Å². The van der Waals surface area contributed by atoms with Crippen molar-refractivity contribution in [2.75, 3.05) is 37.0 Å². The molecule has 0 saturated carbocycles. The molecule has 0 radical (unpaired) electrons. The molecule has 0 aliphatic carbocycles. The van der Waals surface area contributed by atoms with Crippen molar-refractivity contribution in [3.05, 3.63) is 72.4 Å². The van der Waals surface area contributed by atoms with E-state index in [1.165, 1.54) is 5.56 Å². The zero-order valence-electron chi connectivity index (χ0n) is 19.0. The van der Waals surface area contributed by atoms with Crippen LogP contribution >= 0.6 is 0 Å². The van der Waals surface area contributed by atoms with E-state index in [-0.39, 0.29) is 11.8 Å². The minimum Gasteiger partial charge on any atom is -0.497 e. The molecular formula is C26H31N5O2. The summed E-state index contributed by atoms with van der Waals surface area (Å²) in [6, 6.07) is 19.9. The number of carbonyl (C=O) groups excluding carboxylic acids is 1. The highest BCUT2D eigenvalue weighted by Gasteiger charge is 2.27. The van der Waals surface area contributed by atoms with Crippen molar-refractivity contribution >= 4 is 23.4 Å². The van der Waals surface area contributed by atoms with Crippen molar-refractivity contribution in [3.63, 3.8) is 0 Å². The molecule has 1 amide bonds. The summed E-state index contributed by atoms with van der Waals surface area (Å²) in [6.07, 6.45) is 5.50. The van der Waals surface area contributed by atoms with E-state index in [0.29, 0.717) is 19.0 Å². The van der Waals surface area contributed by atoms with Crippen molar-refractivity contribution in [3.8, 4) is 5.75 Å². The second kappa shape index (κ2) is 11.3. The number of anilines is 3. The Hall–Kier alpha value is -3.61. The van der Waals surface area contributed by atoms with Crippen LogP contribution in [-0.2, 0) is 11.2 Å². The lowest BCUT2D eigenvalue weighted by atomic mass is 9.97. The molecule has 3 aromatic rings. The summed E-state index contributed by atoms with van der Waals surface area (Å²) in [5, 5.41) is 6.42. The predicted octanol–water partition coefficient (Wildman–Crippen LogP) is 4.19. The molecule has 0 bridgehead atoms. The molecule has 33 heavy (non-hydrogen) atoms. The molecule has 0 spiro atoms. The van der Waals surface area contributed by atoms with Gasteiger partial charge >= 0.3 is 0 Å². The highest BCUT2D eigenvalue weighted by molar-refractivity contribution is 5.79. The lowest BCUT2D eigenvalue weighted by Crippen LogP contribution is -2.44. The second-order valence-electron chi connectivity index (χ2n) is 8.26. The van der Waals surface area contributed by atoms with Gasteiger partial charge in [-0.3, -0.25) is 4.79 Å². The fourth-order valence-corrected chi connectivity index (χ4v) is 4.06. The topological polar surface area (TPSA) is 79.4 Å². The van der Waals surface area contributed by atoms with Gasteiger partial charge in [-0.2, -0.15) is 4.98 Å². The monoisotopic (exact) mass is 445 g/mol. The molecule has 4 rings (SSSR count). The Bertz CT molecular complexity index is 1030. The van der Waals surface area contributed by atoms with Crippen LogP contribution in [0, 0.1) is 5.92 Å². The number of aryl methyl sites for hydroxylation is 1. The number of piperidine rings is 1. The van der Waals surface area contributed by atoms with Crippen LogP contribution in [0.4, 0.5) is 17.5 Å². The number of carbonyl (C=O) groups is 1. The van der Waals surface area contributed by atoms with Crippen LogP contribution < -0.4 is 20.3 Å². The van der Waals surface area contributed by atoms with Gasteiger partial charge in [-0.25, -0.2) is 4.98 Å². The van der Waals surface area contributed by atoms with Crippen LogP contribution in [0.5, 0.6) is 5.75 Å². The number of hydrogen-bond donors (Lipinski definition) is 2. The summed E-state index contributed by atoms with van der Waals surface area (Å²) in [6.45, 7) is 2.18. The molecule has 7 heteroatoms. The number of rotatable bonds is 9. The number of methoxy groups -OCH3 is 1. The molecule has 2 heterocycles. The van der Waals surface area contributed by atoms with Crippen molar-refractivity contribution in [2.24, 2.45) is 5.92 Å². The van der Waals surface area contributed by atoms with Gasteiger partial charge in [-0.1, -0.05) is 30.3 Å². The summed E-state index contributed by atoms with van der Waals surface area (Å²) >= 11 is 0. The van der Waals surface area contributed by atoms with Gasteiger partial charge < -0.3 is 20.3 Å². The third-order valence-electron chi connectivity index (χ3n) is 5.86. The summed E-state index contributed by atoms with van der Waals surface area (Å²) in [5.41, 5.74) is 2.22. The first-order valence-corrected chi connectivity index (χ1v) is 11.5. The van der Waals surface area contributed by atoms with Gasteiger partial charge in [0, 0.05) is 31.5 Å². The number of aromatic nitrogens is 2. The van der Waals surface area contributed by atoms with Gasteiger partial charge in [0.2, 0.25) is 11.9 Å². The average molecular weight is 446 g/mol. The third-order valence-corrected chi connectivity index (χ3v) is 5.86. The van der Waals surface area contributed by atoms with Crippen LogP contribution in [-0.4, -0.2) is 42.6 Å². The Morgan fingerprint density at radius 3 is 2.73 bits per heavy atom. The van der Waals surface area contributed by atoms with E-state index in [1.54, 1.807) is 13.3 Å². The number of hydrogen-bond acceptors (Lipinski definition) is 6. The first kappa shape index (κ1) is 22.6. The second-order valence-corrected chi connectivity index (χ2v) is 8.26. The van der Waals surface area contributed by atoms with E-state index in [1.807, 2.05) is 48.5 Å². The molecule has 1 aliphatic rings. The third kappa shape index (κ3) is 6.44. The van der Waals surface area contributed by atoms with Crippen LogP contribution in [0.3, 0.4) is 0 Å². The van der Waals surface area contributed by atoms with Crippen molar-refractivity contribution in [1.29, 1.82) is 0 Å². The first-order chi connectivity index (χ1) is 16.2. The van der Waals surface area contributed by atoms with Crippen molar-refractivity contribution in [2.45, 2.75) is 25.7 Å². The quantitative estimate of drug-likeness (QED) is 0.481. The molecule has 1 atom stereocenters. The van der Waals surface area contributed by atoms with E-state index in [2.05, 4.69) is 37.6 Å². The van der Waals surface area contributed by atoms with E-state index in [4.69, 9.17) is 4.74 Å². The standard InChI is InChI=1S/C26H31N5O2/c1-33-23-13-11-22(12-14-23)29-24-15-17-28-26(30-24)31-18-6-10-21(19-31)25(32)27-16-5-9-20-7-3-2-4-8-20/h2-4,7-8,11-15,17,21H,5-6,9-10,16,18-19H2,1H3,(H,27,32)(H,28,29,30). The largest absolute Gasteiger partial charge is 0.497 e. The summed E-state index contributed by atoms with van der Waals surface area (Å²) in [7, 11) is 1.65. The number of ether oxygens (including phenoxy) is 1. The fourth-order valence-electron chi connectivity index (χ4n) is 4.06. The van der Waals surface area contributed by atoms with Crippen LogP contribution in [0.15, 0.2) is 66.9 Å². The van der Waals surface area contributed by atoms with Gasteiger partial charge in [0.05, 0.1) is 13.0 Å². The van der Waals surface area contributed by atoms with Gasteiger partial charge in [-0.15, -0.1) is 0 Å². The summed E-state index contributed by atoms with van der Waals surface area (Å²) in [5.74, 6) is 2.26. The van der Waals surface area contributed by atoms with Crippen molar-refractivity contribution in [1.82, 2.24) is 15.3 Å². The maximum absolute atomic E-state index is 12.7. The molecular weight excluding hydrogens is 414 g/mol. The van der Waals surface area contributed by atoms with Gasteiger partial charge in [0.15, 0.2) is 0 Å². The predicted molar refractivity (Wildman–Crippen MR) is 131 cm³/mol. The van der Waals surface area contributed by atoms with Gasteiger partial charge in [0.1, 0.15) is 11.6 Å². The molecule has 1 saturated heterocycles. The summed E-state index contributed by atoms with van der Waals surface area (Å²) < 4.78 is 5.21. The fraction of sp³-hybridized carbons (Fsp3) is 0.346. The van der Waals surface area contributed by atoms with Crippen LogP contribution in [0.1, 0.15) is 24.8 Å². The molecule has 1 unspecified atom stereocenters. The lowest BCUT2D eigenvalue weighted by Gasteiger charge is -2.32. The maximum atomic E-state index is 12.7. The molecule has 1 aromatic heterocycles. The highest BCUT2D eigenvalue weighted by Crippen LogP contribution is 2.23. The average Bonchev–Trinajstić information content (AvgIpc) is 2.88. The van der Waals surface area contributed by atoms with Gasteiger partial charge in [0.25, 0.3) is 0 Å².